The zero-order valence-electron chi connectivity index (χ0n) is 18.3. The molecule has 0 spiro atoms. The van der Waals surface area contributed by atoms with Crippen LogP contribution in [0.2, 0.25) is 0 Å². The van der Waals surface area contributed by atoms with Gasteiger partial charge in [-0.05, 0) is 55.0 Å². The minimum Gasteiger partial charge on any atom is -0.491 e. The fourth-order valence-electron chi connectivity index (χ4n) is 3.51. The van der Waals surface area contributed by atoms with Crippen LogP contribution in [0.1, 0.15) is 27.0 Å². The van der Waals surface area contributed by atoms with Gasteiger partial charge in [-0.2, -0.15) is 0 Å². The maximum atomic E-state index is 13.0. The Labute approximate surface area is 191 Å². The van der Waals surface area contributed by atoms with E-state index in [4.69, 9.17) is 9.47 Å². The van der Waals surface area contributed by atoms with Gasteiger partial charge in [-0.3, -0.25) is 9.59 Å². The van der Waals surface area contributed by atoms with E-state index >= 15 is 0 Å². The third-order valence-corrected chi connectivity index (χ3v) is 5.40. The Morgan fingerprint density at radius 2 is 1.82 bits per heavy atom. The Morgan fingerprint density at radius 1 is 1.06 bits per heavy atom. The summed E-state index contributed by atoms with van der Waals surface area (Å²) in [4.78, 5) is 27.0. The van der Waals surface area contributed by atoms with Crippen LogP contribution in [-0.2, 0) is 17.9 Å². The Kier molecular flexibility index (Phi) is 6.88. The predicted octanol–water partition coefficient (Wildman–Crippen LogP) is 3.86. The van der Waals surface area contributed by atoms with Crippen LogP contribution in [0.5, 0.6) is 11.5 Å². The van der Waals surface area contributed by atoms with Gasteiger partial charge in [0.2, 0.25) is 0 Å². The van der Waals surface area contributed by atoms with Gasteiger partial charge in [-0.25, -0.2) is 4.39 Å². The summed E-state index contributed by atoms with van der Waals surface area (Å²) in [5.41, 5.74) is 3.44. The molecule has 1 heterocycles. The van der Waals surface area contributed by atoms with Crippen molar-refractivity contribution in [1.29, 1.82) is 0 Å². The first-order valence-corrected chi connectivity index (χ1v) is 10.7. The van der Waals surface area contributed by atoms with E-state index in [-0.39, 0.29) is 24.2 Å². The summed E-state index contributed by atoms with van der Waals surface area (Å²) >= 11 is 0. The number of carbonyl (C=O) groups is 2. The molecule has 0 bridgehead atoms. The van der Waals surface area contributed by atoms with Crippen molar-refractivity contribution < 1.29 is 23.5 Å². The number of amides is 2. The average molecular weight is 448 g/mol. The molecule has 33 heavy (non-hydrogen) atoms. The lowest BCUT2D eigenvalue weighted by atomic mass is 10.1. The zero-order valence-corrected chi connectivity index (χ0v) is 18.3. The van der Waals surface area contributed by atoms with E-state index < -0.39 is 0 Å². The number of rotatable bonds is 6. The molecule has 2 amide bonds. The van der Waals surface area contributed by atoms with Crippen molar-refractivity contribution in [3.8, 4) is 11.5 Å². The van der Waals surface area contributed by atoms with E-state index in [2.05, 4.69) is 5.32 Å². The first-order valence-electron chi connectivity index (χ1n) is 10.7. The van der Waals surface area contributed by atoms with Crippen molar-refractivity contribution in [3.63, 3.8) is 0 Å². The largest absolute Gasteiger partial charge is 0.491 e. The van der Waals surface area contributed by atoms with Crippen LogP contribution in [0.25, 0.3) is 0 Å². The number of nitrogens with one attached hydrogen (secondary N) is 1. The van der Waals surface area contributed by atoms with E-state index in [9.17, 15) is 14.0 Å². The number of carbonyl (C=O) groups excluding carboxylic acids is 2. The van der Waals surface area contributed by atoms with Crippen molar-refractivity contribution >= 4 is 11.8 Å². The van der Waals surface area contributed by atoms with Gasteiger partial charge >= 0.3 is 0 Å². The van der Waals surface area contributed by atoms with Gasteiger partial charge in [-0.1, -0.05) is 29.8 Å². The number of fused-ring (bicyclic) bond motifs is 1. The van der Waals surface area contributed by atoms with Crippen LogP contribution in [-0.4, -0.2) is 36.5 Å². The lowest BCUT2D eigenvalue weighted by Crippen LogP contribution is -2.36. The Morgan fingerprint density at radius 3 is 2.58 bits per heavy atom. The third-order valence-electron chi connectivity index (χ3n) is 5.40. The van der Waals surface area contributed by atoms with Gasteiger partial charge < -0.3 is 19.7 Å². The van der Waals surface area contributed by atoms with Gasteiger partial charge in [0, 0.05) is 24.2 Å². The van der Waals surface area contributed by atoms with Gasteiger partial charge in [0.25, 0.3) is 11.8 Å². The molecule has 0 atom stereocenters. The highest BCUT2D eigenvalue weighted by atomic mass is 19.1. The number of benzene rings is 3. The monoisotopic (exact) mass is 448 g/mol. The van der Waals surface area contributed by atoms with E-state index in [1.807, 2.05) is 31.2 Å². The molecule has 0 fully saturated rings. The Hall–Kier alpha value is -3.87. The maximum absolute atomic E-state index is 13.0. The minimum absolute atomic E-state index is 0.169. The van der Waals surface area contributed by atoms with Crippen molar-refractivity contribution in [2.75, 3.05) is 19.8 Å². The highest BCUT2D eigenvalue weighted by molar-refractivity contribution is 5.94. The lowest BCUT2D eigenvalue weighted by molar-refractivity contribution is -0.134. The smallest absolute Gasteiger partial charge is 0.260 e. The summed E-state index contributed by atoms with van der Waals surface area (Å²) in [6, 6.07) is 18.7. The molecule has 6 nitrogen and oxygen atoms in total. The minimum atomic E-state index is -0.367. The molecule has 0 aromatic heterocycles. The predicted molar refractivity (Wildman–Crippen MR) is 122 cm³/mol. The number of hydrogen-bond donors (Lipinski definition) is 1. The summed E-state index contributed by atoms with van der Waals surface area (Å²) in [5.74, 6) is 0.294. The number of aryl methyl sites for hydroxylation is 1. The summed E-state index contributed by atoms with van der Waals surface area (Å²) in [6.45, 7) is 3.32. The molecular weight excluding hydrogens is 423 g/mol. The molecule has 0 aliphatic carbocycles. The second-order valence-electron chi connectivity index (χ2n) is 7.90. The van der Waals surface area contributed by atoms with Crippen LogP contribution in [0.4, 0.5) is 4.39 Å². The molecule has 4 rings (SSSR count). The topological polar surface area (TPSA) is 67.9 Å². The SMILES string of the molecule is Cc1ccc(CNC(=O)c2ccc3c(c2)CN(C(=O)COc2ccc(F)cc2)CCO3)cc1. The van der Waals surface area contributed by atoms with E-state index in [1.54, 1.807) is 23.1 Å². The third kappa shape index (κ3) is 5.88. The summed E-state index contributed by atoms with van der Waals surface area (Å²) in [7, 11) is 0. The van der Waals surface area contributed by atoms with Crippen LogP contribution >= 0.6 is 0 Å². The molecule has 0 unspecified atom stereocenters. The number of nitrogens with zero attached hydrogens (tertiary/aromatic N) is 1. The second kappa shape index (κ2) is 10.2. The van der Waals surface area contributed by atoms with Gasteiger partial charge in [0.05, 0.1) is 6.54 Å². The van der Waals surface area contributed by atoms with Crippen LogP contribution < -0.4 is 14.8 Å². The Balaban J connectivity index is 1.38. The van der Waals surface area contributed by atoms with Gasteiger partial charge in [0.1, 0.15) is 23.9 Å². The molecule has 170 valence electrons. The Bertz CT molecular complexity index is 1130. The van der Waals surface area contributed by atoms with Crippen LogP contribution in [0, 0.1) is 12.7 Å². The maximum Gasteiger partial charge on any atom is 0.260 e. The fraction of sp³-hybridized carbons (Fsp3) is 0.231. The first kappa shape index (κ1) is 22.3. The number of ether oxygens (including phenoxy) is 2. The van der Waals surface area contributed by atoms with E-state index in [1.165, 1.54) is 24.3 Å². The van der Waals surface area contributed by atoms with Crippen LogP contribution in [0.3, 0.4) is 0 Å². The summed E-state index contributed by atoms with van der Waals surface area (Å²) < 4.78 is 24.3. The molecule has 1 aliphatic heterocycles. The molecule has 3 aromatic carbocycles. The second-order valence-corrected chi connectivity index (χ2v) is 7.90. The number of hydrogen-bond acceptors (Lipinski definition) is 4. The normalized spacial score (nSPS) is 12.8. The van der Waals surface area contributed by atoms with Crippen molar-refractivity contribution in [3.05, 3.63) is 94.8 Å². The molecule has 3 aromatic rings. The van der Waals surface area contributed by atoms with Crippen LogP contribution in [0.15, 0.2) is 66.7 Å². The summed E-state index contributed by atoms with van der Waals surface area (Å²) in [5, 5.41) is 2.93. The highest BCUT2D eigenvalue weighted by Crippen LogP contribution is 2.25. The molecule has 1 N–H and O–H groups in total. The standard InChI is InChI=1S/C26H25FN2O4/c1-18-2-4-19(5-3-18)15-28-26(31)20-6-11-24-21(14-20)16-29(12-13-32-24)25(30)17-33-23-9-7-22(27)8-10-23/h2-11,14H,12-13,15-17H2,1H3,(H,28,31). The van der Waals surface area contributed by atoms with Gasteiger partial charge in [0.15, 0.2) is 6.61 Å². The van der Waals surface area contributed by atoms with Crippen molar-refractivity contribution in [2.45, 2.75) is 20.0 Å². The zero-order chi connectivity index (χ0) is 23.2. The molecule has 0 saturated carbocycles. The molecular formula is C26H25FN2O4. The highest BCUT2D eigenvalue weighted by Gasteiger charge is 2.21. The molecule has 7 heteroatoms. The van der Waals surface area contributed by atoms with Gasteiger partial charge in [-0.15, -0.1) is 0 Å². The van der Waals surface area contributed by atoms with E-state index in [0.717, 1.165) is 16.7 Å². The quantitative estimate of drug-likeness (QED) is 0.622. The molecule has 1 aliphatic rings. The average Bonchev–Trinajstić information content (AvgIpc) is 3.05. The first-order chi connectivity index (χ1) is 16.0. The van der Waals surface area contributed by atoms with Crippen molar-refractivity contribution in [1.82, 2.24) is 10.2 Å². The number of halogens is 1. The lowest BCUT2D eigenvalue weighted by Gasteiger charge is -2.20. The molecule has 0 saturated heterocycles. The van der Waals surface area contributed by atoms with Crippen molar-refractivity contribution in [2.24, 2.45) is 0 Å². The summed E-state index contributed by atoms with van der Waals surface area (Å²) in [6.07, 6.45) is 0. The molecule has 0 radical (unpaired) electrons. The van der Waals surface area contributed by atoms with E-state index in [0.29, 0.717) is 43.3 Å². The fourth-order valence-corrected chi connectivity index (χ4v) is 3.51.